The maximum absolute atomic E-state index is 10.5. The van der Waals surface area contributed by atoms with E-state index in [-0.39, 0.29) is 11.3 Å². The van der Waals surface area contributed by atoms with Crippen molar-refractivity contribution in [2.45, 2.75) is 52.6 Å². The molecule has 1 fully saturated rings. The third-order valence-electron chi connectivity index (χ3n) is 5.72. The molecule has 0 amide bonds. The minimum absolute atomic E-state index is 0.113. The first kappa shape index (κ1) is 23.0. The van der Waals surface area contributed by atoms with Crippen LogP contribution in [0.1, 0.15) is 41.0 Å². The number of phenolic OH excluding ortho intramolecular Hbond substituents is 1. The molecule has 1 saturated heterocycles. The van der Waals surface area contributed by atoms with Crippen LogP contribution in [0.2, 0.25) is 0 Å². The molecule has 0 spiro atoms. The van der Waals surface area contributed by atoms with Gasteiger partial charge in [0.05, 0.1) is 22.9 Å². The molecule has 5 rings (SSSR count). The van der Waals surface area contributed by atoms with Gasteiger partial charge in [0.25, 0.3) is 0 Å². The number of aromatic hydroxyl groups is 1. The first-order valence-corrected chi connectivity index (χ1v) is 11.7. The van der Waals surface area contributed by atoms with Gasteiger partial charge in [-0.3, -0.25) is 4.68 Å². The van der Waals surface area contributed by atoms with Crippen LogP contribution in [0.25, 0.3) is 33.1 Å². The Labute approximate surface area is 195 Å². The summed E-state index contributed by atoms with van der Waals surface area (Å²) >= 11 is 0. The fourth-order valence-corrected chi connectivity index (χ4v) is 4.43. The van der Waals surface area contributed by atoms with Gasteiger partial charge in [-0.05, 0) is 45.4 Å². The predicted octanol–water partition coefficient (Wildman–Crippen LogP) is 4.88. The van der Waals surface area contributed by atoms with E-state index in [0.29, 0.717) is 11.6 Å². The van der Waals surface area contributed by atoms with E-state index in [1.807, 2.05) is 45.4 Å². The van der Waals surface area contributed by atoms with Gasteiger partial charge >= 0.3 is 0 Å². The fourth-order valence-electron chi connectivity index (χ4n) is 4.43. The van der Waals surface area contributed by atoms with Gasteiger partial charge in [-0.15, -0.1) is 0 Å². The van der Waals surface area contributed by atoms with Crippen LogP contribution < -0.4 is 10.2 Å². The summed E-state index contributed by atoms with van der Waals surface area (Å²) in [5, 5.41) is 20.6. The molecule has 3 aromatic heterocycles. The Hall–Kier alpha value is -3.19. The van der Waals surface area contributed by atoms with Gasteiger partial charge in [-0.2, -0.15) is 5.10 Å². The van der Waals surface area contributed by atoms with Gasteiger partial charge in [0.15, 0.2) is 0 Å². The Kier molecular flexibility index (Phi) is 6.26. The number of nitrogens with one attached hydrogen (secondary N) is 1. The lowest BCUT2D eigenvalue weighted by atomic mass is 10.1. The maximum atomic E-state index is 10.5. The number of rotatable bonds is 3. The highest BCUT2D eigenvalue weighted by molar-refractivity contribution is 5.89. The Bertz CT molecular complexity index is 1270. The van der Waals surface area contributed by atoms with Crippen LogP contribution in [0.3, 0.4) is 0 Å². The molecular weight excluding hydrogens is 412 g/mol. The summed E-state index contributed by atoms with van der Waals surface area (Å²) in [5.74, 6) is 1.16. The second-order valence-electron chi connectivity index (χ2n) is 9.49. The van der Waals surface area contributed by atoms with E-state index in [0.717, 1.165) is 52.8 Å². The van der Waals surface area contributed by atoms with Crippen LogP contribution in [0.15, 0.2) is 42.7 Å². The molecule has 0 radical (unpaired) electrons. The molecule has 1 unspecified atom stereocenters. The third kappa shape index (κ3) is 4.93. The van der Waals surface area contributed by atoms with E-state index < -0.39 is 0 Å². The van der Waals surface area contributed by atoms with Gasteiger partial charge in [-0.25, -0.2) is 9.97 Å². The number of phenols is 1. The molecule has 1 aromatic carbocycles. The minimum atomic E-state index is 0.113. The summed E-state index contributed by atoms with van der Waals surface area (Å²) in [6.07, 6.45) is 4.88. The number of hydrogen-bond acceptors (Lipinski definition) is 6. The molecule has 7 heteroatoms. The summed E-state index contributed by atoms with van der Waals surface area (Å²) in [6, 6.07) is 10.2. The third-order valence-corrected chi connectivity index (χ3v) is 5.72. The number of pyridine rings is 2. The highest BCUT2D eigenvalue weighted by atomic mass is 16.3. The molecule has 1 aliphatic rings. The maximum Gasteiger partial charge on any atom is 0.129 e. The number of aryl methyl sites for hydroxylation is 1. The van der Waals surface area contributed by atoms with Gasteiger partial charge in [0.1, 0.15) is 11.6 Å². The SMILES string of the molecule is CC.Cn1cc2cc(-c3ccc4cc(N5CCC(NC(C)(C)C)C5)ncc4n3)c(O)cc2n1. The topological polar surface area (TPSA) is 79.1 Å². The van der Waals surface area contributed by atoms with Crippen molar-refractivity contribution in [1.82, 2.24) is 25.1 Å². The van der Waals surface area contributed by atoms with Crippen molar-refractivity contribution in [1.29, 1.82) is 0 Å². The second kappa shape index (κ2) is 8.98. The number of nitrogens with zero attached hydrogens (tertiary/aromatic N) is 5. The minimum Gasteiger partial charge on any atom is -0.507 e. The Morgan fingerprint density at radius 3 is 2.61 bits per heavy atom. The Balaban J connectivity index is 0.00000126. The number of aromatic nitrogens is 4. The second-order valence-corrected chi connectivity index (χ2v) is 9.49. The monoisotopic (exact) mass is 446 g/mol. The van der Waals surface area contributed by atoms with Crippen molar-refractivity contribution in [3.05, 3.63) is 42.7 Å². The fraction of sp³-hybridized carbons (Fsp3) is 0.423. The summed E-state index contributed by atoms with van der Waals surface area (Å²) in [6.45, 7) is 12.6. The molecule has 174 valence electrons. The van der Waals surface area contributed by atoms with Crippen LogP contribution in [0, 0.1) is 0 Å². The molecule has 33 heavy (non-hydrogen) atoms. The highest BCUT2D eigenvalue weighted by Gasteiger charge is 2.26. The Morgan fingerprint density at radius 2 is 1.85 bits per heavy atom. The van der Waals surface area contributed by atoms with Crippen molar-refractivity contribution >= 4 is 27.6 Å². The smallest absolute Gasteiger partial charge is 0.129 e. The van der Waals surface area contributed by atoms with E-state index in [1.54, 1.807) is 10.7 Å². The standard InChI is InChI=1S/C24H28N6O.C2H6/c1-24(2,3)27-17-7-8-30(14-17)23-10-15-5-6-19(26-21(15)12-25-23)18-9-16-13-29(4)28-20(16)11-22(18)31;1-2/h5-6,9-13,17,27,31H,7-8,14H2,1-4H3;1-2H3. The quantitative estimate of drug-likeness (QED) is 0.467. The lowest BCUT2D eigenvalue weighted by molar-refractivity contribution is 0.373. The van der Waals surface area contributed by atoms with Crippen LogP contribution >= 0.6 is 0 Å². The molecule has 0 aliphatic carbocycles. The molecular formula is C26H34N6O. The van der Waals surface area contributed by atoms with Gasteiger partial charge < -0.3 is 15.3 Å². The van der Waals surface area contributed by atoms with E-state index >= 15 is 0 Å². The van der Waals surface area contributed by atoms with Gasteiger partial charge in [-0.1, -0.05) is 19.9 Å². The van der Waals surface area contributed by atoms with Crippen LogP contribution in [-0.4, -0.2) is 49.5 Å². The summed E-state index contributed by atoms with van der Waals surface area (Å²) in [5.41, 5.74) is 3.11. The number of hydrogen-bond donors (Lipinski definition) is 2. The normalized spacial score (nSPS) is 16.3. The molecule has 1 atom stereocenters. The zero-order valence-corrected chi connectivity index (χ0v) is 20.4. The molecule has 0 bridgehead atoms. The zero-order valence-electron chi connectivity index (χ0n) is 20.4. The average molecular weight is 447 g/mol. The number of benzene rings is 1. The number of fused-ring (bicyclic) bond motifs is 2. The summed E-state index contributed by atoms with van der Waals surface area (Å²) < 4.78 is 1.74. The molecule has 7 nitrogen and oxygen atoms in total. The number of anilines is 1. The van der Waals surface area contributed by atoms with Crippen molar-refractivity contribution in [3.63, 3.8) is 0 Å². The lowest BCUT2D eigenvalue weighted by Gasteiger charge is -2.26. The average Bonchev–Trinajstić information content (AvgIpc) is 3.37. The largest absolute Gasteiger partial charge is 0.507 e. The molecule has 4 aromatic rings. The molecule has 4 heterocycles. The van der Waals surface area contributed by atoms with Crippen molar-refractivity contribution in [3.8, 4) is 17.0 Å². The lowest BCUT2D eigenvalue weighted by Crippen LogP contribution is -2.44. The van der Waals surface area contributed by atoms with Crippen molar-refractivity contribution in [2.24, 2.45) is 7.05 Å². The van der Waals surface area contributed by atoms with Crippen LogP contribution in [-0.2, 0) is 7.05 Å². The predicted molar refractivity (Wildman–Crippen MR) is 136 cm³/mol. The van der Waals surface area contributed by atoms with Crippen molar-refractivity contribution in [2.75, 3.05) is 18.0 Å². The van der Waals surface area contributed by atoms with E-state index in [1.165, 1.54) is 0 Å². The molecule has 0 saturated carbocycles. The molecule has 2 N–H and O–H groups in total. The first-order chi connectivity index (χ1) is 15.7. The van der Waals surface area contributed by atoms with Crippen LogP contribution in [0.4, 0.5) is 5.82 Å². The van der Waals surface area contributed by atoms with Crippen molar-refractivity contribution < 1.29 is 5.11 Å². The van der Waals surface area contributed by atoms with Crippen LogP contribution in [0.5, 0.6) is 5.75 Å². The zero-order chi connectivity index (χ0) is 23.8. The van der Waals surface area contributed by atoms with Gasteiger partial charge in [0.2, 0.25) is 0 Å². The van der Waals surface area contributed by atoms with Gasteiger partial charge in [0, 0.05) is 60.3 Å². The first-order valence-electron chi connectivity index (χ1n) is 11.7. The van der Waals surface area contributed by atoms with E-state index in [2.05, 4.69) is 48.2 Å². The molecule has 1 aliphatic heterocycles. The Morgan fingerprint density at radius 1 is 1.06 bits per heavy atom. The highest BCUT2D eigenvalue weighted by Crippen LogP contribution is 2.33. The summed E-state index contributed by atoms with van der Waals surface area (Å²) in [4.78, 5) is 11.8. The summed E-state index contributed by atoms with van der Waals surface area (Å²) in [7, 11) is 1.87. The van der Waals surface area contributed by atoms with E-state index in [9.17, 15) is 5.11 Å². The van der Waals surface area contributed by atoms with E-state index in [4.69, 9.17) is 9.97 Å².